The number of nitrogens with one attached hydrogen (secondary N) is 1. The third kappa shape index (κ3) is 3.11. The van der Waals surface area contributed by atoms with Gasteiger partial charge >= 0.3 is 0 Å². The van der Waals surface area contributed by atoms with Crippen LogP contribution in [0.15, 0.2) is 41.0 Å². The van der Waals surface area contributed by atoms with E-state index in [1.54, 1.807) is 18.3 Å². The van der Waals surface area contributed by atoms with Crippen molar-refractivity contribution in [1.29, 1.82) is 0 Å². The zero-order valence-corrected chi connectivity index (χ0v) is 11.2. The molecule has 0 aliphatic carbocycles. The maximum absolute atomic E-state index is 9.80. The van der Waals surface area contributed by atoms with Crippen molar-refractivity contribution in [2.24, 2.45) is 0 Å². The fourth-order valence-corrected chi connectivity index (χ4v) is 1.99. The molecule has 5 heteroatoms. The topological polar surface area (TPSA) is 45.1 Å². The van der Waals surface area contributed by atoms with Crippen molar-refractivity contribution in [3.63, 3.8) is 0 Å². The first kappa shape index (κ1) is 12.2. The maximum Gasteiger partial charge on any atom is 0.134 e. The van der Waals surface area contributed by atoms with E-state index in [1.807, 2.05) is 18.2 Å². The number of phenolic OH excluding ortho intramolecular Hbond substituents is 1. The molecule has 0 aliphatic rings. The lowest BCUT2D eigenvalue weighted by molar-refractivity contribution is 0.465. The quantitative estimate of drug-likeness (QED) is 0.847. The molecule has 0 spiro atoms. The molecular weight excluding hydrogens is 304 g/mol. The summed E-state index contributed by atoms with van der Waals surface area (Å²) in [6.45, 7) is 0.519. The van der Waals surface area contributed by atoms with Crippen LogP contribution in [-0.2, 0) is 6.54 Å². The molecule has 0 saturated heterocycles. The summed E-state index contributed by atoms with van der Waals surface area (Å²) in [5, 5.41) is 13.4. The van der Waals surface area contributed by atoms with Gasteiger partial charge < -0.3 is 10.4 Å². The van der Waals surface area contributed by atoms with Crippen molar-refractivity contribution >= 4 is 33.2 Å². The second-order valence-electron chi connectivity index (χ2n) is 3.47. The van der Waals surface area contributed by atoms with E-state index in [0.717, 1.165) is 11.3 Å². The number of hydrogen-bond donors (Lipinski definition) is 2. The largest absolute Gasteiger partial charge is 0.506 e. The van der Waals surface area contributed by atoms with Gasteiger partial charge in [-0.1, -0.05) is 23.7 Å². The number of aromatic nitrogens is 1. The van der Waals surface area contributed by atoms with Gasteiger partial charge in [-0.25, -0.2) is 4.98 Å². The van der Waals surface area contributed by atoms with E-state index in [-0.39, 0.29) is 5.75 Å². The molecule has 0 radical (unpaired) electrons. The molecule has 88 valence electrons. The molecule has 1 aromatic heterocycles. The number of benzene rings is 1. The molecular formula is C12H10BrClN2O. The molecule has 0 unspecified atom stereocenters. The standard InChI is InChI=1S/C12H10BrClN2O/c13-10-3-1-2-8(12(10)17)7-16-9-4-5-15-11(14)6-9/h1-6,17H,7H2,(H,15,16). The number of phenols is 1. The summed E-state index contributed by atoms with van der Waals surface area (Å²) in [7, 11) is 0. The summed E-state index contributed by atoms with van der Waals surface area (Å²) in [6.07, 6.45) is 1.63. The molecule has 2 aromatic rings. The van der Waals surface area contributed by atoms with Gasteiger partial charge in [0.2, 0.25) is 0 Å². The van der Waals surface area contributed by atoms with E-state index in [0.29, 0.717) is 16.2 Å². The van der Waals surface area contributed by atoms with E-state index in [1.165, 1.54) is 0 Å². The van der Waals surface area contributed by atoms with Crippen molar-refractivity contribution < 1.29 is 5.11 Å². The van der Waals surface area contributed by atoms with Crippen LogP contribution in [0.2, 0.25) is 5.15 Å². The third-order valence-corrected chi connectivity index (χ3v) is 3.13. The Labute approximate surface area is 113 Å². The number of nitrogens with zero attached hydrogens (tertiary/aromatic N) is 1. The first-order chi connectivity index (χ1) is 8.16. The minimum atomic E-state index is 0.250. The molecule has 2 rings (SSSR count). The Morgan fingerprint density at radius 1 is 1.35 bits per heavy atom. The van der Waals surface area contributed by atoms with Crippen molar-refractivity contribution in [1.82, 2.24) is 4.98 Å². The average molecular weight is 314 g/mol. The lowest BCUT2D eigenvalue weighted by Gasteiger charge is -2.09. The molecule has 2 N–H and O–H groups in total. The number of para-hydroxylation sites is 1. The Bertz CT molecular complexity index is 534. The average Bonchev–Trinajstić information content (AvgIpc) is 2.31. The van der Waals surface area contributed by atoms with E-state index in [2.05, 4.69) is 26.2 Å². The summed E-state index contributed by atoms with van der Waals surface area (Å²) in [5.74, 6) is 0.250. The fraction of sp³-hybridized carbons (Fsp3) is 0.0833. The Hall–Kier alpha value is -1.26. The van der Waals surface area contributed by atoms with Gasteiger partial charge in [0.25, 0.3) is 0 Å². The minimum absolute atomic E-state index is 0.250. The highest BCUT2D eigenvalue weighted by Gasteiger charge is 2.04. The van der Waals surface area contributed by atoms with Crippen molar-refractivity contribution in [2.75, 3.05) is 5.32 Å². The molecule has 1 heterocycles. The lowest BCUT2D eigenvalue weighted by Crippen LogP contribution is -2.00. The molecule has 1 aromatic carbocycles. The van der Waals surface area contributed by atoms with E-state index in [4.69, 9.17) is 11.6 Å². The van der Waals surface area contributed by atoms with Crippen molar-refractivity contribution in [2.45, 2.75) is 6.54 Å². The molecule has 0 fully saturated rings. The highest BCUT2D eigenvalue weighted by molar-refractivity contribution is 9.10. The molecule has 0 saturated carbocycles. The van der Waals surface area contributed by atoms with Crippen LogP contribution >= 0.6 is 27.5 Å². The number of anilines is 1. The predicted molar refractivity (Wildman–Crippen MR) is 72.4 cm³/mol. The van der Waals surface area contributed by atoms with Gasteiger partial charge in [0, 0.05) is 24.0 Å². The highest BCUT2D eigenvalue weighted by Crippen LogP contribution is 2.28. The number of rotatable bonds is 3. The van der Waals surface area contributed by atoms with Gasteiger partial charge in [0.1, 0.15) is 10.9 Å². The van der Waals surface area contributed by atoms with Crippen LogP contribution in [0.3, 0.4) is 0 Å². The smallest absolute Gasteiger partial charge is 0.134 e. The lowest BCUT2D eigenvalue weighted by atomic mass is 10.2. The van der Waals surface area contributed by atoms with Crippen molar-refractivity contribution in [3.05, 3.63) is 51.7 Å². The van der Waals surface area contributed by atoms with Crippen LogP contribution in [0.25, 0.3) is 0 Å². The molecule has 0 aliphatic heterocycles. The van der Waals surface area contributed by atoms with Gasteiger partial charge in [-0.3, -0.25) is 0 Å². The van der Waals surface area contributed by atoms with Crippen LogP contribution in [0, 0.1) is 0 Å². The molecule has 0 atom stereocenters. The highest BCUT2D eigenvalue weighted by atomic mass is 79.9. The summed E-state index contributed by atoms with van der Waals surface area (Å²) in [5.41, 5.74) is 1.68. The Morgan fingerprint density at radius 2 is 2.18 bits per heavy atom. The number of hydrogen-bond acceptors (Lipinski definition) is 3. The van der Waals surface area contributed by atoms with E-state index < -0.39 is 0 Å². The van der Waals surface area contributed by atoms with E-state index >= 15 is 0 Å². The second-order valence-corrected chi connectivity index (χ2v) is 4.71. The summed E-state index contributed by atoms with van der Waals surface area (Å²) in [6, 6.07) is 9.08. The first-order valence-electron chi connectivity index (χ1n) is 4.98. The maximum atomic E-state index is 9.80. The first-order valence-corrected chi connectivity index (χ1v) is 6.15. The summed E-state index contributed by atoms with van der Waals surface area (Å²) < 4.78 is 0.685. The Kier molecular flexibility index (Phi) is 3.86. The molecule has 3 nitrogen and oxygen atoms in total. The third-order valence-electron chi connectivity index (χ3n) is 2.28. The fourth-order valence-electron chi connectivity index (χ4n) is 1.41. The van der Waals surface area contributed by atoms with Crippen LogP contribution in [0.1, 0.15) is 5.56 Å². The van der Waals surface area contributed by atoms with Gasteiger partial charge in [0.05, 0.1) is 4.47 Å². The Balaban J connectivity index is 2.10. The SMILES string of the molecule is Oc1c(Br)cccc1CNc1ccnc(Cl)c1. The minimum Gasteiger partial charge on any atom is -0.506 e. The zero-order valence-electron chi connectivity index (χ0n) is 8.82. The van der Waals surface area contributed by atoms with E-state index in [9.17, 15) is 5.11 Å². The van der Waals surface area contributed by atoms with Crippen molar-refractivity contribution in [3.8, 4) is 5.75 Å². The van der Waals surface area contributed by atoms with Crippen LogP contribution in [-0.4, -0.2) is 10.1 Å². The summed E-state index contributed by atoms with van der Waals surface area (Å²) in [4.78, 5) is 3.90. The number of aromatic hydroxyl groups is 1. The normalized spacial score (nSPS) is 10.2. The number of halogens is 2. The van der Waals surface area contributed by atoms with Crippen LogP contribution in [0.4, 0.5) is 5.69 Å². The monoisotopic (exact) mass is 312 g/mol. The second kappa shape index (κ2) is 5.38. The van der Waals surface area contributed by atoms with Gasteiger partial charge in [-0.05, 0) is 34.1 Å². The number of pyridine rings is 1. The zero-order chi connectivity index (χ0) is 12.3. The van der Waals surface area contributed by atoms with Crippen LogP contribution in [0.5, 0.6) is 5.75 Å². The predicted octanol–water partition coefficient (Wildman–Crippen LogP) is 3.82. The molecule has 0 amide bonds. The summed E-state index contributed by atoms with van der Waals surface area (Å²) >= 11 is 9.05. The van der Waals surface area contributed by atoms with Gasteiger partial charge in [-0.2, -0.15) is 0 Å². The van der Waals surface area contributed by atoms with Gasteiger partial charge in [0.15, 0.2) is 0 Å². The molecule has 0 bridgehead atoms. The van der Waals surface area contributed by atoms with Crippen LogP contribution < -0.4 is 5.32 Å². The van der Waals surface area contributed by atoms with Gasteiger partial charge in [-0.15, -0.1) is 0 Å². The molecule has 17 heavy (non-hydrogen) atoms. The Morgan fingerprint density at radius 3 is 2.94 bits per heavy atom.